The Balaban J connectivity index is 1.32. The molecule has 0 aliphatic carbocycles. The molecular formula is C38H22N4O2. The minimum atomic E-state index is -0.356. The lowest BCUT2D eigenvalue weighted by molar-refractivity contribution is 0.0926. The van der Waals surface area contributed by atoms with Crippen molar-refractivity contribution in [2.24, 2.45) is 0 Å². The van der Waals surface area contributed by atoms with Crippen molar-refractivity contribution in [3.63, 3.8) is 0 Å². The van der Waals surface area contributed by atoms with Gasteiger partial charge < -0.3 is 4.57 Å². The maximum atomic E-state index is 14.3. The zero-order valence-electron chi connectivity index (χ0n) is 23.3. The maximum Gasteiger partial charge on any atom is 0.268 e. The standard InChI is InChI=1S/C38H22N4O2/c39-21-24-19-27(23-40-22-24)26-17-18-34-31(20-26)29-12-5-7-15-33(29)41(34)35-16-8-13-30-36(35)38(44)42(37(30)43)32-14-6-4-11-28(32)25-9-2-1-3-10-25/h1-20,22-23H. The van der Waals surface area contributed by atoms with E-state index in [1.165, 1.54) is 4.90 Å². The molecule has 7 aromatic rings. The van der Waals surface area contributed by atoms with Gasteiger partial charge in [0.15, 0.2) is 0 Å². The molecule has 0 radical (unpaired) electrons. The molecule has 0 atom stereocenters. The number of aromatic nitrogens is 2. The number of carbonyl (C=O) groups excluding carboxylic acids is 2. The van der Waals surface area contributed by atoms with E-state index in [-0.39, 0.29) is 11.8 Å². The fraction of sp³-hybridized carbons (Fsp3) is 0. The molecular weight excluding hydrogens is 544 g/mol. The lowest BCUT2D eigenvalue weighted by atomic mass is 10.0. The summed E-state index contributed by atoms with van der Waals surface area (Å²) in [6.07, 6.45) is 3.29. The Morgan fingerprint density at radius 3 is 2.16 bits per heavy atom. The first kappa shape index (κ1) is 25.4. The van der Waals surface area contributed by atoms with Crippen LogP contribution in [0.15, 0.2) is 134 Å². The van der Waals surface area contributed by atoms with Crippen LogP contribution in [0, 0.1) is 11.3 Å². The molecule has 0 bridgehead atoms. The van der Waals surface area contributed by atoms with Gasteiger partial charge in [-0.1, -0.05) is 78.9 Å². The van der Waals surface area contributed by atoms with Crippen molar-refractivity contribution in [1.82, 2.24) is 9.55 Å². The van der Waals surface area contributed by atoms with Crippen molar-refractivity contribution in [1.29, 1.82) is 5.26 Å². The third-order valence-corrected chi connectivity index (χ3v) is 8.24. The van der Waals surface area contributed by atoms with Crippen LogP contribution in [-0.4, -0.2) is 21.4 Å². The summed E-state index contributed by atoms with van der Waals surface area (Å²) in [6.45, 7) is 0. The van der Waals surface area contributed by atoms with Gasteiger partial charge in [0.05, 0.1) is 39.1 Å². The van der Waals surface area contributed by atoms with Crippen LogP contribution in [0.3, 0.4) is 0 Å². The van der Waals surface area contributed by atoms with Crippen LogP contribution in [0.2, 0.25) is 0 Å². The van der Waals surface area contributed by atoms with Gasteiger partial charge in [-0.3, -0.25) is 14.6 Å². The summed E-state index contributed by atoms with van der Waals surface area (Å²) in [6, 6.07) is 40.9. The largest absolute Gasteiger partial charge is 0.308 e. The first-order valence-corrected chi connectivity index (χ1v) is 14.2. The molecule has 5 aromatic carbocycles. The topological polar surface area (TPSA) is 79.0 Å². The lowest BCUT2D eigenvalue weighted by Crippen LogP contribution is -2.30. The van der Waals surface area contributed by atoms with E-state index in [4.69, 9.17) is 0 Å². The number of benzene rings is 5. The number of anilines is 1. The smallest absolute Gasteiger partial charge is 0.268 e. The van der Waals surface area contributed by atoms with Gasteiger partial charge in [0.25, 0.3) is 11.8 Å². The van der Waals surface area contributed by atoms with Crippen LogP contribution in [0.5, 0.6) is 0 Å². The Morgan fingerprint density at radius 2 is 1.30 bits per heavy atom. The Kier molecular flexibility index (Phi) is 5.71. The zero-order chi connectivity index (χ0) is 29.8. The molecule has 1 aliphatic rings. The molecule has 0 saturated heterocycles. The van der Waals surface area contributed by atoms with Gasteiger partial charge in [-0.05, 0) is 53.6 Å². The van der Waals surface area contributed by atoms with Crippen LogP contribution in [0.4, 0.5) is 5.69 Å². The molecule has 1 aliphatic heterocycles. The Hall–Kier alpha value is -6.32. The highest BCUT2D eigenvalue weighted by Gasteiger charge is 2.40. The Bertz CT molecular complexity index is 2350. The van der Waals surface area contributed by atoms with Crippen molar-refractivity contribution in [3.05, 3.63) is 150 Å². The molecule has 8 rings (SSSR count). The highest BCUT2D eigenvalue weighted by molar-refractivity contribution is 6.36. The van der Waals surface area contributed by atoms with E-state index in [0.29, 0.717) is 28.1 Å². The average Bonchev–Trinajstić information content (AvgIpc) is 3.55. The van der Waals surface area contributed by atoms with E-state index in [0.717, 1.165) is 44.1 Å². The number of pyridine rings is 1. The van der Waals surface area contributed by atoms with Gasteiger partial charge in [-0.25, -0.2) is 4.90 Å². The number of hydrogen-bond donors (Lipinski definition) is 0. The normalized spacial score (nSPS) is 12.6. The van der Waals surface area contributed by atoms with Crippen molar-refractivity contribution >= 4 is 39.3 Å². The van der Waals surface area contributed by atoms with Gasteiger partial charge in [-0.15, -0.1) is 0 Å². The zero-order valence-corrected chi connectivity index (χ0v) is 23.3. The number of nitrogens with zero attached hydrogens (tertiary/aromatic N) is 4. The second kappa shape index (κ2) is 9.90. The van der Waals surface area contributed by atoms with E-state index in [9.17, 15) is 14.9 Å². The second-order valence-corrected chi connectivity index (χ2v) is 10.7. The molecule has 44 heavy (non-hydrogen) atoms. The summed E-state index contributed by atoms with van der Waals surface area (Å²) in [5.74, 6) is -0.700. The SMILES string of the molecule is N#Cc1cncc(-c2ccc3c(c2)c2ccccc2n3-c2cccc3c2C(=O)N(c2ccccc2-c2ccccc2)C3=O)c1. The van der Waals surface area contributed by atoms with E-state index in [1.54, 1.807) is 18.5 Å². The summed E-state index contributed by atoms with van der Waals surface area (Å²) in [4.78, 5) is 33.8. The Morgan fingerprint density at radius 1 is 0.568 bits per heavy atom. The van der Waals surface area contributed by atoms with E-state index in [2.05, 4.69) is 27.8 Å². The van der Waals surface area contributed by atoms with Gasteiger partial charge in [0.2, 0.25) is 0 Å². The van der Waals surface area contributed by atoms with Gasteiger partial charge in [0, 0.05) is 34.3 Å². The van der Waals surface area contributed by atoms with E-state index in [1.807, 2.05) is 103 Å². The summed E-state index contributed by atoms with van der Waals surface area (Å²) in [5, 5.41) is 11.4. The molecule has 206 valence electrons. The minimum Gasteiger partial charge on any atom is -0.308 e. The molecule has 2 aromatic heterocycles. The van der Waals surface area contributed by atoms with Gasteiger partial charge in [0.1, 0.15) is 6.07 Å². The predicted octanol–water partition coefficient (Wildman–Crippen LogP) is 8.18. The summed E-state index contributed by atoms with van der Waals surface area (Å²) < 4.78 is 2.06. The van der Waals surface area contributed by atoms with Crippen LogP contribution in [-0.2, 0) is 0 Å². The number of amides is 2. The summed E-state index contributed by atoms with van der Waals surface area (Å²) in [5.41, 5.74) is 7.76. The van der Waals surface area contributed by atoms with Crippen LogP contribution >= 0.6 is 0 Å². The van der Waals surface area contributed by atoms with Crippen molar-refractivity contribution < 1.29 is 9.59 Å². The van der Waals surface area contributed by atoms with E-state index < -0.39 is 0 Å². The quantitative estimate of drug-likeness (QED) is 0.201. The highest BCUT2D eigenvalue weighted by atomic mass is 16.2. The average molecular weight is 567 g/mol. The van der Waals surface area contributed by atoms with Gasteiger partial charge in [-0.2, -0.15) is 5.26 Å². The van der Waals surface area contributed by atoms with Crippen LogP contribution in [0.1, 0.15) is 26.3 Å². The molecule has 0 N–H and O–H groups in total. The highest BCUT2D eigenvalue weighted by Crippen LogP contribution is 2.40. The third kappa shape index (κ3) is 3.77. The first-order valence-electron chi connectivity index (χ1n) is 14.2. The molecule has 0 fully saturated rings. The molecule has 3 heterocycles. The van der Waals surface area contributed by atoms with Crippen LogP contribution < -0.4 is 4.90 Å². The fourth-order valence-electron chi connectivity index (χ4n) is 6.27. The Labute approximate surface area is 252 Å². The van der Waals surface area contributed by atoms with Crippen molar-refractivity contribution in [2.75, 3.05) is 4.90 Å². The lowest BCUT2D eigenvalue weighted by Gasteiger charge is -2.18. The number of fused-ring (bicyclic) bond motifs is 4. The molecule has 6 nitrogen and oxygen atoms in total. The molecule has 0 saturated carbocycles. The first-order chi connectivity index (χ1) is 21.6. The van der Waals surface area contributed by atoms with Crippen molar-refractivity contribution in [2.45, 2.75) is 0 Å². The van der Waals surface area contributed by atoms with Crippen molar-refractivity contribution in [3.8, 4) is 34.0 Å². The fourth-order valence-corrected chi connectivity index (χ4v) is 6.27. The number of rotatable bonds is 4. The second-order valence-electron chi connectivity index (χ2n) is 10.7. The number of carbonyl (C=O) groups is 2. The number of para-hydroxylation sites is 2. The number of imide groups is 1. The minimum absolute atomic E-state index is 0.344. The van der Waals surface area contributed by atoms with Crippen LogP contribution in [0.25, 0.3) is 49.7 Å². The number of hydrogen-bond acceptors (Lipinski definition) is 4. The monoisotopic (exact) mass is 566 g/mol. The third-order valence-electron chi connectivity index (χ3n) is 8.24. The molecule has 0 unspecified atom stereocenters. The van der Waals surface area contributed by atoms with Gasteiger partial charge >= 0.3 is 0 Å². The predicted molar refractivity (Wildman–Crippen MR) is 172 cm³/mol. The van der Waals surface area contributed by atoms with E-state index >= 15 is 0 Å². The molecule has 2 amide bonds. The molecule has 6 heteroatoms. The summed E-state index contributed by atoms with van der Waals surface area (Å²) >= 11 is 0. The number of nitriles is 1. The summed E-state index contributed by atoms with van der Waals surface area (Å²) in [7, 11) is 0. The maximum absolute atomic E-state index is 14.3. The molecule has 0 spiro atoms.